The Balaban J connectivity index is 1.72. The van der Waals surface area contributed by atoms with E-state index in [1.54, 1.807) is 11.0 Å². The molecular formula is C22H29ClFN5O. The maximum atomic E-state index is 14.0. The fourth-order valence-corrected chi connectivity index (χ4v) is 3.68. The van der Waals surface area contributed by atoms with Gasteiger partial charge in [0.05, 0.1) is 23.3 Å². The van der Waals surface area contributed by atoms with E-state index in [-0.39, 0.29) is 17.1 Å². The topological polar surface area (TPSA) is 70.2 Å². The fourth-order valence-electron chi connectivity index (χ4n) is 3.56. The van der Waals surface area contributed by atoms with Crippen molar-refractivity contribution >= 4 is 17.6 Å². The molecule has 3 rings (SSSR count). The van der Waals surface area contributed by atoms with E-state index < -0.39 is 5.82 Å². The molecule has 0 radical (unpaired) electrons. The van der Waals surface area contributed by atoms with Gasteiger partial charge in [0.25, 0.3) is 0 Å². The van der Waals surface area contributed by atoms with Crippen LogP contribution in [0.4, 0.5) is 9.18 Å². The largest absolute Gasteiger partial charge is 0.331 e. The third-order valence-corrected chi connectivity index (χ3v) is 5.51. The predicted molar refractivity (Wildman–Crippen MR) is 116 cm³/mol. The highest BCUT2D eigenvalue weighted by Crippen LogP contribution is 2.24. The van der Waals surface area contributed by atoms with Crippen LogP contribution in [-0.4, -0.2) is 41.0 Å². The van der Waals surface area contributed by atoms with Gasteiger partial charge in [0.2, 0.25) is 0 Å². The third kappa shape index (κ3) is 5.67. The molecule has 1 aromatic carbocycles. The molecule has 0 saturated carbocycles. The molecule has 0 aliphatic carbocycles. The number of aromatic nitrogens is 2. The first-order valence-electron chi connectivity index (χ1n) is 10.4. The van der Waals surface area contributed by atoms with Crippen molar-refractivity contribution in [2.75, 3.05) is 20.1 Å². The minimum Gasteiger partial charge on any atom is -0.331 e. The Labute approximate surface area is 182 Å². The van der Waals surface area contributed by atoms with Crippen molar-refractivity contribution in [2.24, 2.45) is 5.92 Å². The van der Waals surface area contributed by atoms with Crippen LogP contribution in [0, 0.1) is 11.7 Å². The number of hydrogen-bond donors (Lipinski definition) is 2. The van der Waals surface area contributed by atoms with Crippen LogP contribution in [0.2, 0.25) is 5.02 Å². The van der Waals surface area contributed by atoms with E-state index in [2.05, 4.69) is 34.4 Å². The van der Waals surface area contributed by atoms with E-state index in [0.717, 1.165) is 29.9 Å². The van der Waals surface area contributed by atoms with Crippen molar-refractivity contribution in [1.29, 1.82) is 0 Å². The van der Waals surface area contributed by atoms with E-state index in [1.807, 2.05) is 13.2 Å². The van der Waals surface area contributed by atoms with Crippen LogP contribution in [0.3, 0.4) is 0 Å². The molecule has 2 N–H and O–H groups in total. The number of amides is 2. The molecule has 0 fully saturated rings. The van der Waals surface area contributed by atoms with E-state index in [0.29, 0.717) is 37.5 Å². The maximum Gasteiger partial charge on any atom is 0.318 e. The van der Waals surface area contributed by atoms with Gasteiger partial charge in [-0.2, -0.15) is 0 Å². The summed E-state index contributed by atoms with van der Waals surface area (Å²) in [6.45, 7) is 5.99. The van der Waals surface area contributed by atoms with Crippen molar-refractivity contribution in [2.45, 2.75) is 45.7 Å². The second kappa shape index (κ2) is 10.2. The SMILES string of the molecule is CNCCC(NC(=O)N1CCc2cnc(CC(C)C)nc2C1)c1ccc(Cl)c(F)c1. The highest BCUT2D eigenvalue weighted by Gasteiger charge is 2.25. The van der Waals surface area contributed by atoms with Crippen molar-refractivity contribution in [3.05, 3.63) is 57.9 Å². The molecule has 6 nitrogen and oxygen atoms in total. The summed E-state index contributed by atoms with van der Waals surface area (Å²) in [6, 6.07) is 4.17. The van der Waals surface area contributed by atoms with E-state index in [1.165, 1.54) is 12.1 Å². The molecule has 2 amide bonds. The summed E-state index contributed by atoms with van der Waals surface area (Å²) in [5.74, 6) is 0.799. The predicted octanol–water partition coefficient (Wildman–Crippen LogP) is 3.89. The van der Waals surface area contributed by atoms with Crippen molar-refractivity contribution in [3.63, 3.8) is 0 Å². The lowest BCUT2D eigenvalue weighted by Crippen LogP contribution is -2.44. The lowest BCUT2D eigenvalue weighted by Gasteiger charge is -2.30. The van der Waals surface area contributed by atoms with E-state index >= 15 is 0 Å². The molecule has 1 atom stereocenters. The first-order valence-corrected chi connectivity index (χ1v) is 10.7. The van der Waals surface area contributed by atoms with E-state index in [9.17, 15) is 9.18 Å². The van der Waals surface area contributed by atoms with Gasteiger partial charge in [-0.25, -0.2) is 19.2 Å². The second-order valence-electron chi connectivity index (χ2n) is 8.10. The van der Waals surface area contributed by atoms with Gasteiger partial charge in [-0.1, -0.05) is 31.5 Å². The number of halogens is 2. The number of hydrogen-bond acceptors (Lipinski definition) is 4. The zero-order valence-electron chi connectivity index (χ0n) is 17.7. The van der Waals surface area contributed by atoms with Crippen molar-refractivity contribution in [3.8, 4) is 0 Å². The Morgan fingerprint density at radius 2 is 2.17 bits per heavy atom. The van der Waals surface area contributed by atoms with Crippen LogP contribution in [-0.2, 0) is 19.4 Å². The summed E-state index contributed by atoms with van der Waals surface area (Å²) in [7, 11) is 1.84. The summed E-state index contributed by atoms with van der Waals surface area (Å²) in [6.07, 6.45) is 4.06. The van der Waals surface area contributed by atoms with Gasteiger partial charge in [-0.3, -0.25) is 0 Å². The van der Waals surface area contributed by atoms with Crippen LogP contribution < -0.4 is 10.6 Å². The summed E-state index contributed by atoms with van der Waals surface area (Å²) in [4.78, 5) is 23.9. The van der Waals surface area contributed by atoms with Crippen LogP contribution in [0.1, 0.15) is 49.0 Å². The highest BCUT2D eigenvalue weighted by molar-refractivity contribution is 6.30. The van der Waals surface area contributed by atoms with Crippen molar-refractivity contribution < 1.29 is 9.18 Å². The molecule has 0 saturated heterocycles. The number of carbonyl (C=O) groups is 1. The van der Waals surface area contributed by atoms with Gasteiger partial charge in [0.1, 0.15) is 11.6 Å². The Morgan fingerprint density at radius 1 is 1.37 bits per heavy atom. The van der Waals surface area contributed by atoms with Crippen LogP contribution in [0.15, 0.2) is 24.4 Å². The summed E-state index contributed by atoms with van der Waals surface area (Å²) < 4.78 is 14.0. The lowest BCUT2D eigenvalue weighted by atomic mass is 10.0. The van der Waals surface area contributed by atoms with E-state index in [4.69, 9.17) is 11.6 Å². The number of fused-ring (bicyclic) bond motifs is 1. The number of benzene rings is 1. The second-order valence-corrected chi connectivity index (χ2v) is 8.50. The molecule has 2 aromatic rings. The average Bonchev–Trinajstić information content (AvgIpc) is 2.72. The molecule has 162 valence electrons. The fraction of sp³-hybridized carbons (Fsp3) is 0.500. The summed E-state index contributed by atoms with van der Waals surface area (Å²) >= 11 is 5.81. The molecule has 0 bridgehead atoms. The Hall–Kier alpha value is -2.25. The Kier molecular flexibility index (Phi) is 7.61. The molecule has 2 heterocycles. The molecule has 1 aromatic heterocycles. The molecule has 1 aliphatic rings. The minimum atomic E-state index is -0.487. The first-order chi connectivity index (χ1) is 14.4. The van der Waals surface area contributed by atoms with Crippen LogP contribution >= 0.6 is 11.6 Å². The van der Waals surface area contributed by atoms with Gasteiger partial charge in [0, 0.05) is 19.2 Å². The zero-order chi connectivity index (χ0) is 21.7. The minimum absolute atomic E-state index is 0.0713. The number of nitrogens with zero attached hydrogens (tertiary/aromatic N) is 3. The van der Waals surface area contributed by atoms with Gasteiger partial charge in [-0.05, 0) is 55.6 Å². The van der Waals surface area contributed by atoms with Crippen LogP contribution in [0.5, 0.6) is 0 Å². The van der Waals surface area contributed by atoms with Crippen LogP contribution in [0.25, 0.3) is 0 Å². The zero-order valence-corrected chi connectivity index (χ0v) is 18.5. The molecular weight excluding hydrogens is 405 g/mol. The maximum absolute atomic E-state index is 14.0. The standard InChI is InChI=1S/C22H29ClFN5O/c1-14(2)10-21-26-12-16-7-9-29(13-20(16)27-21)22(30)28-19(6-8-25-3)15-4-5-17(23)18(24)11-15/h4-5,11-12,14,19,25H,6-10,13H2,1-3H3,(H,28,30). The van der Waals surface area contributed by atoms with Gasteiger partial charge >= 0.3 is 6.03 Å². The number of urea groups is 1. The summed E-state index contributed by atoms with van der Waals surface area (Å²) in [5, 5.41) is 6.21. The molecule has 30 heavy (non-hydrogen) atoms. The highest BCUT2D eigenvalue weighted by atomic mass is 35.5. The Morgan fingerprint density at radius 3 is 2.87 bits per heavy atom. The smallest absolute Gasteiger partial charge is 0.318 e. The number of nitrogens with one attached hydrogen (secondary N) is 2. The molecule has 0 spiro atoms. The number of rotatable bonds is 7. The normalized spacial score (nSPS) is 14.5. The molecule has 1 aliphatic heterocycles. The van der Waals surface area contributed by atoms with Gasteiger partial charge < -0.3 is 15.5 Å². The number of carbonyl (C=O) groups excluding carboxylic acids is 1. The molecule has 8 heteroatoms. The van der Waals surface area contributed by atoms with Gasteiger partial charge in [0.15, 0.2) is 0 Å². The monoisotopic (exact) mass is 433 g/mol. The Bertz CT molecular complexity index is 892. The van der Waals surface area contributed by atoms with Gasteiger partial charge in [-0.15, -0.1) is 0 Å². The average molecular weight is 434 g/mol. The molecule has 1 unspecified atom stereocenters. The quantitative estimate of drug-likeness (QED) is 0.695. The van der Waals surface area contributed by atoms with Crippen molar-refractivity contribution in [1.82, 2.24) is 25.5 Å². The third-order valence-electron chi connectivity index (χ3n) is 5.20. The first kappa shape index (κ1) is 22.4. The summed E-state index contributed by atoms with van der Waals surface area (Å²) in [5.41, 5.74) is 2.70. The lowest BCUT2D eigenvalue weighted by molar-refractivity contribution is 0.186.